The predicted octanol–water partition coefficient (Wildman–Crippen LogP) is -0.109. The van der Waals surface area contributed by atoms with Crippen LogP contribution in [-0.2, 0) is 19.4 Å². The smallest absolute Gasteiger partial charge is 0.327 e. The van der Waals surface area contributed by atoms with Crippen molar-refractivity contribution in [1.82, 2.24) is 5.32 Å². The number of sulfone groups is 1. The molecule has 0 saturated carbocycles. The van der Waals surface area contributed by atoms with Crippen LogP contribution in [0.2, 0.25) is 0 Å². The molecule has 0 aliphatic heterocycles. The van der Waals surface area contributed by atoms with Crippen molar-refractivity contribution >= 4 is 21.7 Å². The molecule has 0 aromatic rings. The van der Waals surface area contributed by atoms with Crippen LogP contribution < -0.4 is 5.32 Å². The molecule has 112 valence electrons. The second-order valence-corrected chi connectivity index (χ2v) is 5.82. The van der Waals surface area contributed by atoms with Gasteiger partial charge in [0.15, 0.2) is 9.84 Å². The first-order valence-electron chi connectivity index (χ1n) is 4.73. The summed E-state index contributed by atoms with van der Waals surface area (Å²) in [6.07, 6.45) is -4.19. The van der Waals surface area contributed by atoms with Crippen molar-refractivity contribution in [3.8, 4) is 0 Å². The Balaban J connectivity index is 4.93. The quantitative estimate of drug-likeness (QED) is 0.639. The van der Waals surface area contributed by atoms with Crippen molar-refractivity contribution < 1.29 is 40.7 Å². The van der Waals surface area contributed by atoms with Crippen LogP contribution in [0.5, 0.6) is 0 Å². The molecule has 0 aliphatic carbocycles. The Morgan fingerprint density at radius 2 is 1.79 bits per heavy atom. The lowest BCUT2D eigenvalue weighted by atomic mass is 10.3. The lowest BCUT2D eigenvalue weighted by Gasteiger charge is -2.17. The number of carbonyl (C=O) groups is 2. The van der Waals surface area contributed by atoms with Crippen molar-refractivity contribution in [2.24, 2.45) is 0 Å². The Labute approximate surface area is 105 Å². The molecule has 2 N–H and O–H groups in total. The summed E-state index contributed by atoms with van der Waals surface area (Å²) in [4.78, 5) is 21.2. The molecular formula is C8H11F4NO5S. The third-order valence-corrected chi connectivity index (χ3v) is 3.49. The van der Waals surface area contributed by atoms with Gasteiger partial charge in [-0.2, -0.15) is 8.78 Å². The van der Waals surface area contributed by atoms with Crippen molar-refractivity contribution in [3.05, 3.63) is 0 Å². The van der Waals surface area contributed by atoms with Crippen LogP contribution in [0.4, 0.5) is 17.6 Å². The summed E-state index contributed by atoms with van der Waals surface area (Å²) in [6, 6.07) is -1.98. The van der Waals surface area contributed by atoms with Crippen molar-refractivity contribution in [1.29, 1.82) is 0 Å². The van der Waals surface area contributed by atoms with Gasteiger partial charge in [-0.25, -0.2) is 22.0 Å². The average molecular weight is 309 g/mol. The average Bonchev–Trinajstić information content (AvgIpc) is 2.12. The first kappa shape index (κ1) is 17.6. The minimum atomic E-state index is -4.80. The molecule has 0 aliphatic rings. The molecule has 6 nitrogen and oxygen atoms in total. The van der Waals surface area contributed by atoms with E-state index in [1.54, 1.807) is 5.32 Å². The maximum Gasteiger partial charge on any atom is 0.327 e. The SMILES string of the molecule is CC(=O)N[C@@H](CS(=O)(=O)CC(F)(F)C(F)F)C(=O)O. The van der Waals surface area contributed by atoms with Gasteiger partial charge in [0.05, 0.1) is 5.75 Å². The van der Waals surface area contributed by atoms with Crippen LogP contribution in [0, 0.1) is 0 Å². The molecule has 11 heteroatoms. The van der Waals surface area contributed by atoms with Gasteiger partial charge in [-0.3, -0.25) is 4.79 Å². The molecule has 0 radical (unpaired) electrons. The Hall–Kier alpha value is -1.39. The molecule has 19 heavy (non-hydrogen) atoms. The maximum atomic E-state index is 12.6. The summed E-state index contributed by atoms with van der Waals surface area (Å²) < 4.78 is 71.3. The zero-order chi connectivity index (χ0) is 15.4. The van der Waals surface area contributed by atoms with Gasteiger partial charge in [0.2, 0.25) is 5.91 Å². The third-order valence-electron chi connectivity index (χ3n) is 1.83. The number of carboxylic acid groups (broad SMARTS) is 1. The Morgan fingerprint density at radius 1 is 1.32 bits per heavy atom. The second-order valence-electron chi connectivity index (χ2n) is 3.71. The van der Waals surface area contributed by atoms with Gasteiger partial charge in [-0.05, 0) is 0 Å². The lowest BCUT2D eigenvalue weighted by molar-refractivity contribution is -0.140. The highest BCUT2D eigenvalue weighted by molar-refractivity contribution is 7.91. The van der Waals surface area contributed by atoms with Crippen LogP contribution in [0.25, 0.3) is 0 Å². The number of hydrogen-bond acceptors (Lipinski definition) is 4. The number of carbonyl (C=O) groups excluding carboxylic acids is 1. The van der Waals surface area contributed by atoms with Crippen molar-refractivity contribution in [3.63, 3.8) is 0 Å². The minimum Gasteiger partial charge on any atom is -0.480 e. The molecule has 1 amide bonds. The van der Waals surface area contributed by atoms with Gasteiger partial charge >= 0.3 is 18.3 Å². The number of amides is 1. The highest BCUT2D eigenvalue weighted by Crippen LogP contribution is 2.25. The van der Waals surface area contributed by atoms with E-state index in [0.29, 0.717) is 0 Å². The van der Waals surface area contributed by atoms with Crippen LogP contribution in [0.15, 0.2) is 0 Å². The van der Waals surface area contributed by atoms with Crippen LogP contribution >= 0.6 is 0 Å². The Morgan fingerprint density at radius 3 is 2.11 bits per heavy atom. The van der Waals surface area contributed by atoms with Crippen LogP contribution in [-0.4, -0.2) is 55.3 Å². The molecule has 0 aromatic heterocycles. The number of halogens is 4. The Kier molecular flexibility index (Phi) is 5.72. The monoisotopic (exact) mass is 309 g/mol. The molecule has 0 rings (SSSR count). The van der Waals surface area contributed by atoms with Crippen molar-refractivity contribution in [2.75, 3.05) is 11.5 Å². The zero-order valence-electron chi connectivity index (χ0n) is 9.57. The lowest BCUT2D eigenvalue weighted by Crippen LogP contribution is -2.47. The van der Waals surface area contributed by atoms with E-state index in [1.165, 1.54) is 0 Å². The molecule has 0 spiro atoms. The highest BCUT2D eigenvalue weighted by atomic mass is 32.2. The summed E-state index contributed by atoms with van der Waals surface area (Å²) >= 11 is 0. The largest absolute Gasteiger partial charge is 0.480 e. The van der Waals surface area contributed by atoms with E-state index in [-0.39, 0.29) is 0 Å². The topological polar surface area (TPSA) is 101 Å². The summed E-state index contributed by atoms with van der Waals surface area (Å²) in [6.45, 7) is 0.885. The molecule has 1 atom stereocenters. The van der Waals surface area contributed by atoms with Gasteiger partial charge in [0, 0.05) is 6.92 Å². The molecule has 0 fully saturated rings. The predicted molar refractivity (Wildman–Crippen MR) is 54.8 cm³/mol. The normalized spacial score (nSPS) is 14.2. The van der Waals surface area contributed by atoms with Gasteiger partial charge in [-0.1, -0.05) is 0 Å². The minimum absolute atomic E-state index is 0.885. The molecule has 0 bridgehead atoms. The fourth-order valence-electron chi connectivity index (χ4n) is 1.09. The summed E-state index contributed by atoms with van der Waals surface area (Å²) in [5.74, 6) is -11.1. The summed E-state index contributed by atoms with van der Waals surface area (Å²) in [5.41, 5.74) is 0. The second kappa shape index (κ2) is 6.17. The molecule has 0 aromatic carbocycles. The Bertz CT molecular complexity index is 450. The van der Waals surface area contributed by atoms with Gasteiger partial charge in [0.25, 0.3) is 0 Å². The zero-order valence-corrected chi connectivity index (χ0v) is 10.4. The number of aliphatic carboxylic acids is 1. The van der Waals surface area contributed by atoms with Crippen molar-refractivity contribution in [2.45, 2.75) is 25.3 Å². The number of hydrogen-bond donors (Lipinski definition) is 2. The van der Waals surface area contributed by atoms with Crippen LogP contribution in [0.1, 0.15) is 6.92 Å². The van der Waals surface area contributed by atoms with E-state index >= 15 is 0 Å². The summed E-state index contributed by atoms with van der Waals surface area (Å²) in [7, 11) is -4.80. The van der Waals surface area contributed by atoms with E-state index in [1.807, 2.05) is 0 Å². The molecule has 0 unspecified atom stereocenters. The van der Waals surface area contributed by atoms with Gasteiger partial charge in [0.1, 0.15) is 11.8 Å². The standard InChI is InChI=1S/C8H11F4NO5S/c1-4(14)13-5(6(15)16)2-19(17,18)3-8(11,12)7(9)10/h5,7H,2-3H2,1H3,(H,13,14)(H,15,16)/t5-/m0/s1. The maximum absolute atomic E-state index is 12.6. The fraction of sp³-hybridized carbons (Fsp3) is 0.750. The number of carboxylic acids is 1. The van der Waals surface area contributed by atoms with E-state index in [0.717, 1.165) is 6.92 Å². The van der Waals surface area contributed by atoms with E-state index < -0.39 is 51.6 Å². The van der Waals surface area contributed by atoms with E-state index in [4.69, 9.17) is 5.11 Å². The third kappa shape index (κ3) is 6.36. The van der Waals surface area contributed by atoms with Gasteiger partial charge < -0.3 is 10.4 Å². The highest BCUT2D eigenvalue weighted by Gasteiger charge is 2.45. The molecule has 0 heterocycles. The number of nitrogens with one attached hydrogen (secondary N) is 1. The van der Waals surface area contributed by atoms with Gasteiger partial charge in [-0.15, -0.1) is 0 Å². The number of rotatable bonds is 7. The molecular weight excluding hydrogens is 298 g/mol. The number of alkyl halides is 4. The molecule has 0 saturated heterocycles. The summed E-state index contributed by atoms with van der Waals surface area (Å²) in [5, 5.41) is 10.3. The van der Waals surface area contributed by atoms with E-state index in [9.17, 15) is 35.6 Å². The first-order chi connectivity index (χ1) is 8.37. The fourth-order valence-corrected chi connectivity index (χ4v) is 2.65. The van der Waals surface area contributed by atoms with E-state index in [2.05, 4.69) is 0 Å². The first-order valence-corrected chi connectivity index (χ1v) is 6.56. The van der Waals surface area contributed by atoms with Crippen LogP contribution in [0.3, 0.4) is 0 Å².